The van der Waals surface area contributed by atoms with Crippen molar-refractivity contribution in [2.24, 2.45) is 0 Å². The number of benzene rings is 2. The lowest BCUT2D eigenvalue weighted by Gasteiger charge is -2.33. The fourth-order valence-electron chi connectivity index (χ4n) is 4.41. The molecule has 35 heavy (non-hydrogen) atoms. The molecular formula is C27H29FN4O3. The summed E-state index contributed by atoms with van der Waals surface area (Å²) in [5, 5.41) is 3.17. The van der Waals surface area contributed by atoms with Gasteiger partial charge in [0.2, 0.25) is 5.91 Å². The molecule has 3 aromatic rings. The predicted octanol–water partition coefficient (Wildman–Crippen LogP) is 4.46. The van der Waals surface area contributed by atoms with Gasteiger partial charge in [0.25, 0.3) is 5.91 Å². The fourth-order valence-corrected chi connectivity index (χ4v) is 4.41. The number of methoxy groups -OCH3 is 1. The number of carbonyl (C=O) groups is 2. The molecule has 0 bridgehead atoms. The molecule has 0 aliphatic heterocycles. The standard InChI is InChI=1S/C27H29FN4O3/c1-35-23-13-9-20(10-14-23)25(26(33)31-22-5-3-2-4-6-22)32(18-19-7-11-21(28)12-8-19)27(34)24-17-29-15-16-30-24/h7-17,22,25H,2-6,18H2,1H3,(H,31,33). The highest BCUT2D eigenvalue weighted by molar-refractivity contribution is 5.96. The Morgan fingerprint density at radius 3 is 2.40 bits per heavy atom. The third-order valence-electron chi connectivity index (χ3n) is 6.25. The fraction of sp³-hybridized carbons (Fsp3) is 0.333. The molecule has 2 aromatic carbocycles. The average Bonchev–Trinajstić information content (AvgIpc) is 2.90. The van der Waals surface area contributed by atoms with Gasteiger partial charge in [-0.3, -0.25) is 14.6 Å². The molecule has 1 fully saturated rings. The maximum atomic E-state index is 13.8. The van der Waals surface area contributed by atoms with Gasteiger partial charge in [-0.2, -0.15) is 0 Å². The van der Waals surface area contributed by atoms with Crippen LogP contribution in [0.15, 0.2) is 67.1 Å². The number of rotatable bonds is 8. The molecule has 1 aliphatic carbocycles. The molecule has 1 aliphatic rings. The minimum Gasteiger partial charge on any atom is -0.497 e. The normalized spacial score (nSPS) is 14.7. The molecule has 2 amide bonds. The van der Waals surface area contributed by atoms with Gasteiger partial charge in [0, 0.05) is 25.0 Å². The van der Waals surface area contributed by atoms with Crippen molar-refractivity contribution in [3.8, 4) is 5.75 Å². The quantitative estimate of drug-likeness (QED) is 0.519. The number of ether oxygens (including phenoxy) is 1. The Morgan fingerprint density at radius 2 is 1.77 bits per heavy atom. The molecule has 7 nitrogen and oxygen atoms in total. The van der Waals surface area contributed by atoms with Crippen LogP contribution in [0.2, 0.25) is 0 Å². The highest BCUT2D eigenvalue weighted by atomic mass is 19.1. The van der Waals surface area contributed by atoms with Crippen LogP contribution in [-0.2, 0) is 11.3 Å². The SMILES string of the molecule is COc1ccc(C(C(=O)NC2CCCCC2)N(Cc2ccc(F)cc2)C(=O)c2cnccn2)cc1. The summed E-state index contributed by atoms with van der Waals surface area (Å²) in [6.45, 7) is 0.0878. The molecule has 1 atom stereocenters. The summed E-state index contributed by atoms with van der Waals surface area (Å²) in [4.78, 5) is 37.1. The van der Waals surface area contributed by atoms with Crippen LogP contribution >= 0.6 is 0 Å². The number of halogens is 1. The maximum absolute atomic E-state index is 13.8. The minimum absolute atomic E-state index is 0.0660. The molecule has 1 heterocycles. The van der Waals surface area contributed by atoms with E-state index >= 15 is 0 Å². The van der Waals surface area contributed by atoms with E-state index in [0.29, 0.717) is 16.9 Å². The Labute approximate surface area is 204 Å². The van der Waals surface area contributed by atoms with Gasteiger partial charge in [-0.25, -0.2) is 9.37 Å². The van der Waals surface area contributed by atoms with Crippen LogP contribution < -0.4 is 10.1 Å². The second-order valence-electron chi connectivity index (χ2n) is 8.67. The minimum atomic E-state index is -0.928. The number of nitrogens with zero attached hydrogens (tertiary/aromatic N) is 3. The van der Waals surface area contributed by atoms with E-state index in [9.17, 15) is 14.0 Å². The number of nitrogens with one attached hydrogen (secondary N) is 1. The summed E-state index contributed by atoms with van der Waals surface area (Å²) >= 11 is 0. The third kappa shape index (κ3) is 6.20. The summed E-state index contributed by atoms with van der Waals surface area (Å²) in [5.41, 5.74) is 1.45. The second kappa shape index (κ2) is 11.6. The second-order valence-corrected chi connectivity index (χ2v) is 8.67. The van der Waals surface area contributed by atoms with E-state index in [1.165, 1.54) is 35.6 Å². The van der Waals surface area contributed by atoms with E-state index in [2.05, 4.69) is 15.3 Å². The lowest BCUT2D eigenvalue weighted by atomic mass is 9.94. The molecule has 1 saturated carbocycles. The number of aromatic nitrogens is 2. The van der Waals surface area contributed by atoms with Gasteiger partial charge >= 0.3 is 0 Å². The average molecular weight is 477 g/mol. The van der Waals surface area contributed by atoms with Crippen LogP contribution in [-0.4, -0.2) is 39.8 Å². The smallest absolute Gasteiger partial charge is 0.275 e. The molecular weight excluding hydrogens is 447 g/mol. The zero-order chi connectivity index (χ0) is 24.6. The predicted molar refractivity (Wildman–Crippen MR) is 129 cm³/mol. The van der Waals surface area contributed by atoms with E-state index in [-0.39, 0.29) is 30.0 Å². The van der Waals surface area contributed by atoms with Crippen molar-refractivity contribution in [1.29, 1.82) is 0 Å². The van der Waals surface area contributed by atoms with Crippen molar-refractivity contribution >= 4 is 11.8 Å². The molecule has 0 saturated heterocycles. The van der Waals surface area contributed by atoms with Crippen LogP contribution in [0.3, 0.4) is 0 Å². The topological polar surface area (TPSA) is 84.4 Å². The first kappa shape index (κ1) is 24.3. The van der Waals surface area contributed by atoms with Crippen molar-refractivity contribution in [2.75, 3.05) is 7.11 Å². The lowest BCUT2D eigenvalue weighted by Crippen LogP contribution is -2.47. The molecule has 182 valence electrons. The first-order valence-corrected chi connectivity index (χ1v) is 11.8. The van der Waals surface area contributed by atoms with E-state index < -0.39 is 11.9 Å². The molecule has 0 spiro atoms. The lowest BCUT2D eigenvalue weighted by molar-refractivity contribution is -0.127. The van der Waals surface area contributed by atoms with Gasteiger partial charge in [-0.05, 0) is 48.2 Å². The van der Waals surface area contributed by atoms with Gasteiger partial charge in [-0.1, -0.05) is 43.5 Å². The first-order chi connectivity index (χ1) is 17.0. The number of hydrogen-bond acceptors (Lipinski definition) is 5. The van der Waals surface area contributed by atoms with E-state index in [4.69, 9.17) is 4.74 Å². The zero-order valence-electron chi connectivity index (χ0n) is 19.7. The molecule has 4 rings (SSSR count). The van der Waals surface area contributed by atoms with E-state index in [0.717, 1.165) is 32.1 Å². The zero-order valence-corrected chi connectivity index (χ0v) is 19.7. The molecule has 8 heteroatoms. The van der Waals surface area contributed by atoms with Gasteiger partial charge in [0.15, 0.2) is 0 Å². The van der Waals surface area contributed by atoms with Crippen molar-refractivity contribution < 1.29 is 18.7 Å². The Morgan fingerprint density at radius 1 is 1.06 bits per heavy atom. The summed E-state index contributed by atoms with van der Waals surface area (Å²) < 4.78 is 18.8. The molecule has 1 N–H and O–H groups in total. The molecule has 1 aromatic heterocycles. The van der Waals surface area contributed by atoms with Crippen molar-refractivity contribution in [3.63, 3.8) is 0 Å². The Bertz CT molecular complexity index is 1120. The van der Waals surface area contributed by atoms with Crippen LogP contribution in [0.5, 0.6) is 5.75 Å². The van der Waals surface area contributed by atoms with Crippen LogP contribution in [0.4, 0.5) is 4.39 Å². The Kier molecular flexibility index (Phi) is 8.03. The van der Waals surface area contributed by atoms with Gasteiger partial charge in [-0.15, -0.1) is 0 Å². The highest BCUT2D eigenvalue weighted by Crippen LogP contribution is 2.28. The summed E-state index contributed by atoms with van der Waals surface area (Å²) in [5.74, 6) is -0.434. The highest BCUT2D eigenvalue weighted by Gasteiger charge is 2.34. The Hall–Kier alpha value is -3.81. The van der Waals surface area contributed by atoms with E-state index in [1.807, 2.05) is 0 Å². The molecule has 1 unspecified atom stereocenters. The molecule has 0 radical (unpaired) electrons. The maximum Gasteiger partial charge on any atom is 0.275 e. The van der Waals surface area contributed by atoms with Crippen LogP contribution in [0, 0.1) is 5.82 Å². The van der Waals surface area contributed by atoms with E-state index in [1.54, 1.807) is 43.5 Å². The third-order valence-corrected chi connectivity index (χ3v) is 6.25. The number of carbonyl (C=O) groups excluding carboxylic acids is 2. The van der Waals surface area contributed by atoms with Gasteiger partial charge in [0.05, 0.1) is 13.3 Å². The Balaban J connectivity index is 1.73. The van der Waals surface area contributed by atoms with Gasteiger partial charge < -0.3 is 15.0 Å². The first-order valence-electron chi connectivity index (χ1n) is 11.8. The van der Waals surface area contributed by atoms with Gasteiger partial charge in [0.1, 0.15) is 23.3 Å². The van der Waals surface area contributed by atoms with Crippen molar-refractivity contribution in [1.82, 2.24) is 20.2 Å². The monoisotopic (exact) mass is 476 g/mol. The summed E-state index contributed by atoms with van der Waals surface area (Å²) in [6.07, 6.45) is 9.42. The number of amides is 2. The summed E-state index contributed by atoms with van der Waals surface area (Å²) in [7, 11) is 1.57. The number of hydrogen-bond donors (Lipinski definition) is 1. The summed E-state index contributed by atoms with van der Waals surface area (Å²) in [6, 6.07) is 12.1. The largest absolute Gasteiger partial charge is 0.497 e. The van der Waals surface area contributed by atoms with Crippen molar-refractivity contribution in [3.05, 3.63) is 89.8 Å². The van der Waals surface area contributed by atoms with Crippen LogP contribution in [0.1, 0.15) is 59.8 Å². The van der Waals surface area contributed by atoms with Crippen molar-refractivity contribution in [2.45, 2.75) is 50.7 Å². The van der Waals surface area contributed by atoms with Crippen LogP contribution in [0.25, 0.3) is 0 Å².